The highest BCUT2D eigenvalue weighted by molar-refractivity contribution is 6.20. The van der Waals surface area contributed by atoms with Crippen molar-refractivity contribution in [3.8, 4) is 5.75 Å². The second kappa shape index (κ2) is 5.41. The topological polar surface area (TPSA) is 35.2 Å². The predicted molar refractivity (Wildman–Crippen MR) is 55.5 cm³/mol. The van der Waals surface area contributed by atoms with Crippen LogP contribution in [0, 0.1) is 0 Å². The van der Waals surface area contributed by atoms with Crippen LogP contribution in [0.25, 0.3) is 0 Å². The van der Waals surface area contributed by atoms with Gasteiger partial charge >= 0.3 is 6.11 Å². The van der Waals surface area contributed by atoms with Gasteiger partial charge in [0.15, 0.2) is 0 Å². The third kappa shape index (κ3) is 3.57. The molecule has 2 nitrogen and oxygen atoms in total. The van der Waals surface area contributed by atoms with E-state index in [2.05, 4.69) is 16.3 Å². The van der Waals surface area contributed by atoms with Crippen molar-refractivity contribution in [3.05, 3.63) is 29.8 Å². The molecule has 0 aliphatic heterocycles. The van der Waals surface area contributed by atoms with E-state index >= 15 is 0 Å². The molecule has 0 saturated heterocycles. The molecule has 0 bridgehead atoms. The fraction of sp³-hybridized carbons (Fsp3) is 0.400. The third-order valence-corrected chi connectivity index (χ3v) is 2.09. The fourth-order valence-electron chi connectivity index (χ4n) is 1.13. The minimum atomic E-state index is -4.04. The van der Waals surface area contributed by atoms with Gasteiger partial charge < -0.3 is 10.5 Å². The average Bonchev–Trinajstić information content (AvgIpc) is 2.17. The smallest absolute Gasteiger partial charge is 0.429 e. The van der Waals surface area contributed by atoms with Crippen molar-refractivity contribution in [2.45, 2.75) is 18.2 Å². The summed E-state index contributed by atoms with van der Waals surface area (Å²) < 4.78 is 42.0. The SMILES string of the molecule is NCCc1cccc(OC(F)(F)C(F)Cl)c1. The Morgan fingerprint density at radius 2 is 2.12 bits per heavy atom. The van der Waals surface area contributed by atoms with Crippen LogP contribution in [-0.4, -0.2) is 18.3 Å². The van der Waals surface area contributed by atoms with Crippen molar-refractivity contribution in [3.63, 3.8) is 0 Å². The summed E-state index contributed by atoms with van der Waals surface area (Å²) in [5.74, 6) is -0.140. The molecule has 1 aromatic rings. The number of alkyl halides is 4. The summed E-state index contributed by atoms with van der Waals surface area (Å²) in [6.45, 7) is 0.390. The third-order valence-electron chi connectivity index (χ3n) is 1.84. The molecule has 16 heavy (non-hydrogen) atoms. The Balaban J connectivity index is 2.77. The highest BCUT2D eigenvalue weighted by Gasteiger charge is 2.42. The summed E-state index contributed by atoms with van der Waals surface area (Å²) >= 11 is 4.66. The summed E-state index contributed by atoms with van der Waals surface area (Å²) in [6.07, 6.45) is -3.51. The lowest BCUT2D eigenvalue weighted by Gasteiger charge is -2.18. The fourth-order valence-corrected chi connectivity index (χ4v) is 1.18. The van der Waals surface area contributed by atoms with Crippen molar-refractivity contribution in [1.29, 1.82) is 0 Å². The van der Waals surface area contributed by atoms with Gasteiger partial charge in [-0.15, -0.1) is 0 Å². The van der Waals surface area contributed by atoms with Crippen LogP contribution in [0.15, 0.2) is 24.3 Å². The minimum absolute atomic E-state index is 0.140. The first-order valence-electron chi connectivity index (χ1n) is 4.59. The number of benzene rings is 1. The Morgan fingerprint density at radius 3 is 2.69 bits per heavy atom. The molecule has 0 aliphatic rings. The molecule has 0 heterocycles. The molecular formula is C10H11ClF3NO. The first kappa shape index (κ1) is 13.1. The van der Waals surface area contributed by atoms with Crippen LogP contribution in [0.3, 0.4) is 0 Å². The molecular weight excluding hydrogens is 243 g/mol. The van der Waals surface area contributed by atoms with E-state index in [1.54, 1.807) is 6.07 Å². The summed E-state index contributed by atoms with van der Waals surface area (Å²) in [7, 11) is 0. The molecule has 0 saturated carbocycles. The lowest BCUT2D eigenvalue weighted by atomic mass is 10.1. The van der Waals surface area contributed by atoms with Gasteiger partial charge in [-0.3, -0.25) is 0 Å². The van der Waals surface area contributed by atoms with Crippen molar-refractivity contribution in [1.82, 2.24) is 0 Å². The number of rotatable bonds is 5. The first-order valence-corrected chi connectivity index (χ1v) is 5.03. The van der Waals surface area contributed by atoms with Crippen molar-refractivity contribution in [2.24, 2.45) is 5.73 Å². The maximum Gasteiger partial charge on any atom is 0.444 e. The molecule has 1 unspecified atom stereocenters. The van der Waals surface area contributed by atoms with Gasteiger partial charge in [0.1, 0.15) is 5.75 Å². The molecule has 0 spiro atoms. The Morgan fingerprint density at radius 1 is 1.44 bits per heavy atom. The van der Waals surface area contributed by atoms with Crippen LogP contribution in [0.4, 0.5) is 13.2 Å². The van der Waals surface area contributed by atoms with E-state index in [1.807, 2.05) is 0 Å². The lowest BCUT2D eigenvalue weighted by Crippen LogP contribution is -2.32. The van der Waals surface area contributed by atoms with Crippen LogP contribution in [0.2, 0.25) is 0 Å². The number of hydrogen-bond donors (Lipinski definition) is 1. The Hall–Kier alpha value is -0.940. The molecule has 6 heteroatoms. The summed E-state index contributed by atoms with van der Waals surface area (Å²) in [5.41, 5.74) is 3.17. The van der Waals surface area contributed by atoms with E-state index < -0.39 is 11.7 Å². The van der Waals surface area contributed by atoms with Crippen LogP contribution >= 0.6 is 11.6 Å². The zero-order valence-electron chi connectivity index (χ0n) is 8.30. The Bertz CT molecular complexity index is 347. The molecule has 0 aliphatic carbocycles. The summed E-state index contributed by atoms with van der Waals surface area (Å²) in [6, 6.07) is 5.91. The first-order chi connectivity index (χ1) is 7.45. The maximum atomic E-state index is 12.8. The van der Waals surface area contributed by atoms with Crippen LogP contribution in [-0.2, 0) is 6.42 Å². The van der Waals surface area contributed by atoms with Crippen molar-refractivity contribution >= 4 is 11.6 Å². The monoisotopic (exact) mass is 253 g/mol. The predicted octanol–water partition coefficient (Wildman–Crippen LogP) is 2.69. The van der Waals surface area contributed by atoms with Crippen molar-refractivity contribution in [2.75, 3.05) is 6.54 Å². The van der Waals surface area contributed by atoms with E-state index in [-0.39, 0.29) is 5.75 Å². The highest BCUT2D eigenvalue weighted by Crippen LogP contribution is 2.29. The Labute approximate surface area is 96.1 Å². The second-order valence-electron chi connectivity index (χ2n) is 3.15. The van der Waals surface area contributed by atoms with E-state index in [1.165, 1.54) is 18.2 Å². The molecule has 2 N–H and O–H groups in total. The molecule has 0 amide bonds. The van der Waals surface area contributed by atoms with Crippen LogP contribution in [0.1, 0.15) is 5.56 Å². The van der Waals surface area contributed by atoms with Gasteiger partial charge in [-0.25, -0.2) is 4.39 Å². The van der Waals surface area contributed by atoms with Gasteiger partial charge in [-0.2, -0.15) is 8.78 Å². The lowest BCUT2D eigenvalue weighted by molar-refractivity contribution is -0.199. The van der Waals surface area contributed by atoms with Gasteiger partial charge in [0.05, 0.1) is 0 Å². The standard InChI is InChI=1S/C10H11ClF3NO/c11-9(12)10(13,14)16-8-3-1-2-7(6-8)4-5-15/h1-3,6,9H,4-5,15H2. The molecule has 1 rings (SSSR count). The molecule has 1 aromatic carbocycles. The van der Waals surface area contributed by atoms with Crippen molar-refractivity contribution < 1.29 is 17.9 Å². The summed E-state index contributed by atoms with van der Waals surface area (Å²) in [5, 5.41) is 0. The van der Waals surface area contributed by atoms with E-state index in [4.69, 9.17) is 5.73 Å². The van der Waals surface area contributed by atoms with E-state index in [0.29, 0.717) is 13.0 Å². The van der Waals surface area contributed by atoms with Gasteiger partial charge in [-0.05, 0) is 30.7 Å². The minimum Gasteiger partial charge on any atom is -0.429 e. The zero-order chi connectivity index (χ0) is 12.2. The van der Waals surface area contributed by atoms with Crippen LogP contribution in [0.5, 0.6) is 5.75 Å². The van der Waals surface area contributed by atoms with Gasteiger partial charge in [0.2, 0.25) is 0 Å². The quantitative estimate of drug-likeness (QED) is 0.819. The van der Waals surface area contributed by atoms with Gasteiger partial charge in [0.25, 0.3) is 5.63 Å². The number of nitrogens with two attached hydrogens (primary N) is 1. The second-order valence-corrected chi connectivity index (χ2v) is 3.53. The van der Waals surface area contributed by atoms with Crippen LogP contribution < -0.4 is 10.5 Å². The molecule has 0 aromatic heterocycles. The number of hydrogen-bond acceptors (Lipinski definition) is 2. The zero-order valence-corrected chi connectivity index (χ0v) is 9.05. The van der Waals surface area contributed by atoms with Gasteiger partial charge in [-0.1, -0.05) is 23.7 Å². The average molecular weight is 254 g/mol. The summed E-state index contributed by atoms with van der Waals surface area (Å²) in [4.78, 5) is 0. The Kier molecular flexibility index (Phi) is 4.44. The van der Waals surface area contributed by atoms with E-state index in [0.717, 1.165) is 5.56 Å². The highest BCUT2D eigenvalue weighted by atomic mass is 35.5. The number of ether oxygens (including phenoxy) is 1. The molecule has 0 radical (unpaired) electrons. The molecule has 1 atom stereocenters. The number of halogens is 4. The normalized spacial score (nSPS) is 13.6. The van der Waals surface area contributed by atoms with E-state index in [9.17, 15) is 13.2 Å². The molecule has 90 valence electrons. The molecule has 0 fully saturated rings. The maximum absolute atomic E-state index is 12.8. The van der Waals surface area contributed by atoms with Gasteiger partial charge in [0, 0.05) is 0 Å². The largest absolute Gasteiger partial charge is 0.444 e.